The van der Waals surface area contributed by atoms with E-state index in [0.29, 0.717) is 15.4 Å². The summed E-state index contributed by atoms with van der Waals surface area (Å²) in [4.78, 5) is 10.5. The van der Waals surface area contributed by atoms with E-state index in [1.807, 2.05) is 0 Å². The molecule has 0 radical (unpaired) electrons. The molecule has 0 heterocycles. The van der Waals surface area contributed by atoms with Crippen LogP contribution in [0.15, 0.2) is 16.6 Å². The molecule has 1 N–H and O–H groups in total. The highest BCUT2D eigenvalue weighted by atomic mass is 79.9. The molecule has 13 heavy (non-hydrogen) atoms. The summed E-state index contributed by atoms with van der Waals surface area (Å²) >= 11 is 6.30. The monoisotopic (exact) mass is 310 g/mol. The third-order valence-corrected chi connectivity index (χ3v) is 2.85. The van der Waals surface area contributed by atoms with Gasteiger partial charge in [0.2, 0.25) is 0 Å². The van der Waals surface area contributed by atoms with Gasteiger partial charge < -0.3 is 5.11 Å². The maximum atomic E-state index is 13.0. The van der Waals surface area contributed by atoms with Gasteiger partial charge in [-0.2, -0.15) is 0 Å². The average molecular weight is 312 g/mol. The maximum Gasteiger partial charge on any atom is 0.338 e. The summed E-state index contributed by atoms with van der Waals surface area (Å²) in [5, 5.41) is 9.09. The van der Waals surface area contributed by atoms with Gasteiger partial charge >= 0.3 is 5.97 Å². The van der Waals surface area contributed by atoms with E-state index in [9.17, 15) is 9.18 Å². The first-order chi connectivity index (χ1) is 6.06. The maximum absolute atomic E-state index is 13.0. The summed E-state index contributed by atoms with van der Waals surface area (Å²) in [6, 6.07) is 2.45. The Kier molecular flexibility index (Phi) is 3.44. The first-order valence-electron chi connectivity index (χ1n) is 3.33. The molecular weight excluding hydrogens is 307 g/mol. The van der Waals surface area contributed by atoms with Crippen LogP contribution in [-0.2, 0) is 5.33 Å². The summed E-state index contributed by atoms with van der Waals surface area (Å²) in [6.45, 7) is 0. The summed E-state index contributed by atoms with van der Waals surface area (Å²) in [5.41, 5.74) is 0.399. The predicted octanol–water partition coefficient (Wildman–Crippen LogP) is 3.18. The number of rotatable bonds is 2. The molecule has 1 rings (SSSR count). The fourth-order valence-corrected chi connectivity index (χ4v) is 2.16. The highest BCUT2D eigenvalue weighted by molar-refractivity contribution is 9.10. The Hall–Kier alpha value is -0.420. The number of aromatic carboxylic acids is 1. The third kappa shape index (κ3) is 2.28. The lowest BCUT2D eigenvalue weighted by Crippen LogP contribution is -2.01. The summed E-state index contributed by atoms with van der Waals surface area (Å²) in [6.07, 6.45) is 0. The zero-order chi connectivity index (χ0) is 10.0. The largest absolute Gasteiger partial charge is 0.478 e. The molecule has 0 aliphatic carbocycles. The molecule has 1 aromatic carbocycles. The lowest BCUT2D eigenvalue weighted by Gasteiger charge is -2.03. The minimum atomic E-state index is -1.26. The van der Waals surface area contributed by atoms with Crippen molar-refractivity contribution in [1.29, 1.82) is 0 Å². The van der Waals surface area contributed by atoms with Crippen molar-refractivity contribution in [3.8, 4) is 0 Å². The SMILES string of the molecule is O=C(O)c1cc(CBr)c(Br)cc1F. The highest BCUT2D eigenvalue weighted by Gasteiger charge is 2.12. The van der Waals surface area contributed by atoms with Crippen molar-refractivity contribution >= 4 is 37.8 Å². The Balaban J connectivity index is 3.30. The van der Waals surface area contributed by atoms with Crippen molar-refractivity contribution in [2.75, 3.05) is 0 Å². The van der Waals surface area contributed by atoms with Crippen LogP contribution in [0.5, 0.6) is 0 Å². The van der Waals surface area contributed by atoms with E-state index in [-0.39, 0.29) is 5.56 Å². The van der Waals surface area contributed by atoms with Gasteiger partial charge in [0, 0.05) is 9.80 Å². The Morgan fingerprint density at radius 1 is 1.54 bits per heavy atom. The number of carboxylic acids is 1. The second-order valence-electron chi connectivity index (χ2n) is 2.36. The lowest BCUT2D eigenvalue weighted by molar-refractivity contribution is 0.0691. The highest BCUT2D eigenvalue weighted by Crippen LogP contribution is 2.23. The summed E-state index contributed by atoms with van der Waals surface area (Å²) in [5.74, 6) is -1.99. The van der Waals surface area contributed by atoms with Crippen LogP contribution in [-0.4, -0.2) is 11.1 Å². The third-order valence-electron chi connectivity index (χ3n) is 1.51. The number of alkyl halides is 1. The van der Waals surface area contributed by atoms with Crippen molar-refractivity contribution in [3.05, 3.63) is 33.5 Å². The molecule has 0 spiro atoms. The topological polar surface area (TPSA) is 37.3 Å². The molecule has 70 valence electrons. The second-order valence-corrected chi connectivity index (χ2v) is 3.78. The number of carboxylic acid groups (broad SMARTS) is 1. The zero-order valence-corrected chi connectivity index (χ0v) is 9.52. The molecule has 0 saturated heterocycles. The predicted molar refractivity (Wildman–Crippen MR) is 53.7 cm³/mol. The van der Waals surface area contributed by atoms with Crippen LogP contribution in [0.2, 0.25) is 0 Å². The van der Waals surface area contributed by atoms with Crippen molar-refractivity contribution < 1.29 is 14.3 Å². The minimum absolute atomic E-state index is 0.308. The van der Waals surface area contributed by atoms with Gasteiger partial charge in [0.1, 0.15) is 5.82 Å². The van der Waals surface area contributed by atoms with Gasteiger partial charge in [-0.05, 0) is 17.7 Å². The molecule has 0 aliphatic heterocycles. The van der Waals surface area contributed by atoms with Crippen molar-refractivity contribution in [1.82, 2.24) is 0 Å². The number of halogens is 3. The minimum Gasteiger partial charge on any atom is -0.478 e. The van der Waals surface area contributed by atoms with Gasteiger partial charge in [-0.1, -0.05) is 31.9 Å². The van der Waals surface area contributed by atoms with Crippen LogP contribution in [0, 0.1) is 5.82 Å². The molecular formula is C8H5Br2FO2. The van der Waals surface area contributed by atoms with Crippen LogP contribution in [0.1, 0.15) is 15.9 Å². The average Bonchev–Trinajstić information content (AvgIpc) is 2.03. The first-order valence-corrected chi connectivity index (χ1v) is 5.25. The molecule has 0 atom stereocenters. The Morgan fingerprint density at radius 3 is 2.62 bits per heavy atom. The van der Waals surface area contributed by atoms with E-state index in [0.717, 1.165) is 6.07 Å². The second kappa shape index (κ2) is 4.19. The zero-order valence-electron chi connectivity index (χ0n) is 6.35. The summed E-state index contributed by atoms with van der Waals surface area (Å²) in [7, 11) is 0. The lowest BCUT2D eigenvalue weighted by atomic mass is 10.1. The van der Waals surface area contributed by atoms with Crippen LogP contribution < -0.4 is 0 Å². The van der Waals surface area contributed by atoms with Gasteiger partial charge in [-0.3, -0.25) is 0 Å². The number of carbonyl (C=O) groups is 1. The smallest absolute Gasteiger partial charge is 0.338 e. The number of benzene rings is 1. The van der Waals surface area contributed by atoms with E-state index in [2.05, 4.69) is 31.9 Å². The van der Waals surface area contributed by atoms with Crippen LogP contribution in [0.4, 0.5) is 4.39 Å². The van der Waals surface area contributed by atoms with Crippen molar-refractivity contribution in [2.45, 2.75) is 5.33 Å². The van der Waals surface area contributed by atoms with Crippen LogP contribution in [0.3, 0.4) is 0 Å². The van der Waals surface area contributed by atoms with Gasteiger partial charge in [-0.25, -0.2) is 9.18 Å². The van der Waals surface area contributed by atoms with Crippen LogP contribution >= 0.6 is 31.9 Å². The van der Waals surface area contributed by atoms with Crippen LogP contribution in [0.25, 0.3) is 0 Å². The molecule has 2 nitrogen and oxygen atoms in total. The standard InChI is InChI=1S/C8H5Br2FO2/c9-3-4-1-5(8(12)13)7(11)2-6(4)10/h1-2H,3H2,(H,12,13). The Bertz CT molecular complexity index is 352. The molecule has 0 aromatic heterocycles. The normalized spacial score (nSPS) is 10.1. The van der Waals surface area contributed by atoms with Crippen molar-refractivity contribution in [2.24, 2.45) is 0 Å². The molecule has 0 amide bonds. The number of hydrogen-bond donors (Lipinski definition) is 1. The number of hydrogen-bond acceptors (Lipinski definition) is 1. The van der Waals surface area contributed by atoms with Gasteiger partial charge in [0.15, 0.2) is 0 Å². The molecule has 0 saturated carbocycles. The molecule has 0 unspecified atom stereocenters. The molecule has 0 aliphatic rings. The molecule has 0 fully saturated rings. The fourth-order valence-electron chi connectivity index (χ4n) is 0.860. The van der Waals surface area contributed by atoms with E-state index in [1.54, 1.807) is 0 Å². The van der Waals surface area contributed by atoms with Gasteiger partial charge in [0.05, 0.1) is 5.56 Å². The van der Waals surface area contributed by atoms with Gasteiger partial charge in [0.25, 0.3) is 0 Å². The van der Waals surface area contributed by atoms with E-state index < -0.39 is 11.8 Å². The first kappa shape index (κ1) is 10.7. The Morgan fingerprint density at radius 2 is 2.15 bits per heavy atom. The fraction of sp³-hybridized carbons (Fsp3) is 0.125. The molecule has 1 aromatic rings. The molecule has 0 bridgehead atoms. The van der Waals surface area contributed by atoms with Gasteiger partial charge in [-0.15, -0.1) is 0 Å². The van der Waals surface area contributed by atoms with Crippen molar-refractivity contribution in [3.63, 3.8) is 0 Å². The van der Waals surface area contributed by atoms with E-state index in [4.69, 9.17) is 5.11 Å². The van der Waals surface area contributed by atoms with E-state index in [1.165, 1.54) is 6.07 Å². The summed E-state index contributed by atoms with van der Waals surface area (Å²) < 4.78 is 13.6. The van der Waals surface area contributed by atoms with E-state index >= 15 is 0 Å². The molecule has 5 heteroatoms. The Labute approximate surface area is 91.0 Å². The quantitative estimate of drug-likeness (QED) is 0.852.